The Balaban J connectivity index is 1.62. The van der Waals surface area contributed by atoms with Crippen LogP contribution in [-0.2, 0) is 9.53 Å². The molecule has 1 N–H and O–H groups in total. The molecule has 0 radical (unpaired) electrons. The van der Waals surface area contributed by atoms with E-state index in [4.69, 9.17) is 4.74 Å². The molecule has 0 unspecified atom stereocenters. The van der Waals surface area contributed by atoms with Crippen LogP contribution in [0.15, 0.2) is 18.2 Å². The number of imide groups is 1. The van der Waals surface area contributed by atoms with E-state index in [9.17, 15) is 19.2 Å². The van der Waals surface area contributed by atoms with Gasteiger partial charge in [0.15, 0.2) is 0 Å². The lowest BCUT2D eigenvalue weighted by Crippen LogP contribution is -2.46. The van der Waals surface area contributed by atoms with Crippen LogP contribution in [0.25, 0.3) is 0 Å². The summed E-state index contributed by atoms with van der Waals surface area (Å²) in [6.07, 6.45) is 1.70. The fourth-order valence-corrected chi connectivity index (χ4v) is 3.88. The van der Waals surface area contributed by atoms with Crippen LogP contribution in [0.3, 0.4) is 0 Å². The van der Waals surface area contributed by atoms with Crippen molar-refractivity contribution in [2.45, 2.75) is 51.6 Å². The maximum Gasteiger partial charge on any atom is 0.262 e. The summed E-state index contributed by atoms with van der Waals surface area (Å²) in [4.78, 5) is 53.1. The zero-order valence-electron chi connectivity index (χ0n) is 18.0. The number of likely N-dealkylation sites (tertiary alicyclic amines) is 1. The molecule has 0 saturated carbocycles. The zero-order valence-corrected chi connectivity index (χ0v) is 18.0. The zero-order chi connectivity index (χ0) is 22.1. The Hall–Kier alpha value is -2.74. The lowest BCUT2D eigenvalue weighted by molar-refractivity contribution is -0.133. The maximum atomic E-state index is 12.7. The largest absolute Gasteiger partial charge is 0.384 e. The van der Waals surface area contributed by atoms with Crippen LogP contribution in [0.4, 0.5) is 0 Å². The first kappa shape index (κ1) is 22.0. The molecule has 0 spiro atoms. The van der Waals surface area contributed by atoms with E-state index < -0.39 is 5.54 Å². The van der Waals surface area contributed by atoms with E-state index in [2.05, 4.69) is 5.32 Å². The van der Waals surface area contributed by atoms with Crippen molar-refractivity contribution in [1.82, 2.24) is 15.1 Å². The highest BCUT2D eigenvalue weighted by molar-refractivity contribution is 6.22. The van der Waals surface area contributed by atoms with Crippen LogP contribution < -0.4 is 5.32 Å². The normalized spacial score (nSPS) is 17.3. The predicted molar refractivity (Wildman–Crippen MR) is 110 cm³/mol. The summed E-state index contributed by atoms with van der Waals surface area (Å²) in [5.74, 6) is -0.928. The fourth-order valence-electron chi connectivity index (χ4n) is 3.88. The van der Waals surface area contributed by atoms with Crippen molar-refractivity contribution in [2.24, 2.45) is 0 Å². The number of methoxy groups -OCH3 is 1. The monoisotopic (exact) mass is 415 g/mol. The van der Waals surface area contributed by atoms with E-state index in [0.717, 1.165) is 0 Å². The van der Waals surface area contributed by atoms with E-state index in [1.807, 2.05) is 0 Å². The Bertz CT molecular complexity index is 866. The second-order valence-electron chi connectivity index (χ2n) is 8.75. The first-order valence-corrected chi connectivity index (χ1v) is 10.2. The van der Waals surface area contributed by atoms with Gasteiger partial charge in [0.25, 0.3) is 17.7 Å². The third kappa shape index (κ3) is 4.38. The number of hydrogen-bond acceptors (Lipinski definition) is 5. The van der Waals surface area contributed by atoms with Crippen molar-refractivity contribution in [2.75, 3.05) is 26.8 Å². The van der Waals surface area contributed by atoms with Gasteiger partial charge in [-0.1, -0.05) is 0 Å². The van der Waals surface area contributed by atoms with Crippen LogP contribution in [0.1, 0.15) is 71.1 Å². The van der Waals surface area contributed by atoms with Gasteiger partial charge < -0.3 is 15.0 Å². The van der Waals surface area contributed by atoms with E-state index in [-0.39, 0.29) is 35.2 Å². The molecule has 0 bridgehead atoms. The number of fused-ring (bicyclic) bond motifs is 1. The third-order valence-electron chi connectivity index (χ3n) is 5.52. The van der Waals surface area contributed by atoms with Crippen molar-refractivity contribution in [1.29, 1.82) is 0 Å². The summed E-state index contributed by atoms with van der Waals surface area (Å²) in [6.45, 7) is 6.98. The summed E-state index contributed by atoms with van der Waals surface area (Å²) >= 11 is 0. The Morgan fingerprint density at radius 1 is 1.10 bits per heavy atom. The Morgan fingerprint density at radius 3 is 2.33 bits per heavy atom. The SMILES string of the molecule is COCCC(=O)N1CCC(NC(=O)c2ccc3c(c2)C(=O)N(C(C)(C)C)C3=O)CC1. The molecule has 2 aliphatic rings. The average Bonchev–Trinajstić information content (AvgIpc) is 2.96. The molecule has 1 fully saturated rings. The third-order valence-corrected chi connectivity index (χ3v) is 5.52. The van der Waals surface area contributed by atoms with Gasteiger partial charge in [0.05, 0.1) is 24.2 Å². The summed E-state index contributed by atoms with van der Waals surface area (Å²) in [6, 6.07) is 4.59. The Morgan fingerprint density at radius 2 is 1.73 bits per heavy atom. The number of carbonyl (C=O) groups excluding carboxylic acids is 4. The van der Waals surface area contributed by atoms with Crippen molar-refractivity contribution in [3.63, 3.8) is 0 Å². The number of piperidine rings is 1. The van der Waals surface area contributed by atoms with Gasteiger partial charge in [-0.05, 0) is 51.8 Å². The predicted octanol–water partition coefficient (Wildman–Crippen LogP) is 1.84. The van der Waals surface area contributed by atoms with Gasteiger partial charge in [0, 0.05) is 37.3 Å². The van der Waals surface area contributed by atoms with E-state index in [1.165, 1.54) is 11.0 Å². The molecule has 2 heterocycles. The molecule has 1 aromatic carbocycles. The summed E-state index contributed by atoms with van der Waals surface area (Å²) < 4.78 is 4.94. The van der Waals surface area contributed by atoms with Gasteiger partial charge in [0.2, 0.25) is 5.91 Å². The van der Waals surface area contributed by atoms with Crippen LogP contribution >= 0.6 is 0 Å². The summed E-state index contributed by atoms with van der Waals surface area (Å²) in [5, 5.41) is 2.99. The highest BCUT2D eigenvalue weighted by atomic mass is 16.5. The molecule has 3 rings (SSSR count). The summed E-state index contributed by atoms with van der Waals surface area (Å²) in [7, 11) is 1.57. The molecular weight excluding hydrogens is 386 g/mol. The highest BCUT2D eigenvalue weighted by Gasteiger charge is 2.42. The summed E-state index contributed by atoms with van der Waals surface area (Å²) in [5.41, 5.74) is 0.310. The topological polar surface area (TPSA) is 96.0 Å². The van der Waals surface area contributed by atoms with Crippen LogP contribution in [-0.4, -0.2) is 71.8 Å². The lowest BCUT2D eigenvalue weighted by atomic mass is 10.0. The number of hydrogen-bond donors (Lipinski definition) is 1. The average molecular weight is 415 g/mol. The first-order chi connectivity index (χ1) is 14.1. The van der Waals surface area contributed by atoms with Gasteiger partial charge in [-0.15, -0.1) is 0 Å². The molecule has 8 heteroatoms. The standard InChI is InChI=1S/C22H29N3O5/c1-22(2,3)25-20(28)16-6-5-14(13-17(16)21(25)29)19(27)23-15-7-10-24(11-8-15)18(26)9-12-30-4/h5-6,13,15H,7-12H2,1-4H3,(H,23,27). The van der Waals surface area contributed by atoms with Crippen LogP contribution in [0, 0.1) is 0 Å². The number of carbonyl (C=O) groups is 4. The maximum absolute atomic E-state index is 12.7. The van der Waals surface area contributed by atoms with Gasteiger partial charge in [0.1, 0.15) is 0 Å². The van der Waals surface area contributed by atoms with Crippen molar-refractivity contribution < 1.29 is 23.9 Å². The first-order valence-electron chi connectivity index (χ1n) is 10.2. The number of rotatable bonds is 5. The molecule has 30 heavy (non-hydrogen) atoms. The second-order valence-corrected chi connectivity index (χ2v) is 8.75. The molecule has 1 saturated heterocycles. The second kappa shape index (κ2) is 8.55. The number of benzene rings is 1. The minimum absolute atomic E-state index is 0.0411. The minimum atomic E-state index is -0.635. The van der Waals surface area contributed by atoms with Gasteiger partial charge in [-0.25, -0.2) is 0 Å². The molecule has 8 nitrogen and oxygen atoms in total. The van der Waals surface area contributed by atoms with Gasteiger partial charge in [-0.3, -0.25) is 24.1 Å². The smallest absolute Gasteiger partial charge is 0.262 e. The van der Waals surface area contributed by atoms with Crippen LogP contribution in [0.5, 0.6) is 0 Å². The van der Waals surface area contributed by atoms with Crippen molar-refractivity contribution in [3.05, 3.63) is 34.9 Å². The lowest BCUT2D eigenvalue weighted by Gasteiger charge is -2.32. The van der Waals surface area contributed by atoms with Crippen molar-refractivity contribution >= 4 is 23.6 Å². The van der Waals surface area contributed by atoms with Gasteiger partial charge in [-0.2, -0.15) is 0 Å². The Kier molecular flexibility index (Phi) is 6.26. The molecule has 1 aromatic rings. The van der Waals surface area contributed by atoms with Crippen LogP contribution in [0.2, 0.25) is 0 Å². The van der Waals surface area contributed by atoms with E-state index in [1.54, 1.807) is 44.9 Å². The molecule has 2 aliphatic heterocycles. The quantitative estimate of drug-likeness (QED) is 0.741. The number of nitrogens with one attached hydrogen (secondary N) is 1. The molecule has 0 atom stereocenters. The number of ether oxygens (including phenoxy) is 1. The number of amides is 4. The van der Waals surface area contributed by atoms with E-state index in [0.29, 0.717) is 50.1 Å². The highest BCUT2D eigenvalue weighted by Crippen LogP contribution is 2.30. The molecule has 162 valence electrons. The minimum Gasteiger partial charge on any atom is -0.384 e. The van der Waals surface area contributed by atoms with E-state index >= 15 is 0 Å². The fraction of sp³-hybridized carbons (Fsp3) is 0.545. The Labute approximate surface area is 176 Å². The van der Waals surface area contributed by atoms with Gasteiger partial charge >= 0.3 is 0 Å². The molecule has 0 aromatic heterocycles. The number of nitrogens with zero attached hydrogens (tertiary/aromatic N) is 2. The molecular formula is C22H29N3O5. The van der Waals surface area contributed by atoms with Crippen molar-refractivity contribution in [3.8, 4) is 0 Å². The molecule has 4 amide bonds. The molecule has 0 aliphatic carbocycles.